The Morgan fingerprint density at radius 2 is 1.85 bits per heavy atom. The minimum absolute atomic E-state index is 0.0217. The van der Waals surface area contributed by atoms with Crippen LogP contribution in [0.25, 0.3) is 0 Å². The van der Waals surface area contributed by atoms with E-state index >= 15 is 0 Å². The molecule has 1 saturated heterocycles. The topological polar surface area (TPSA) is 57.7 Å². The second-order valence-electron chi connectivity index (χ2n) is 8.59. The van der Waals surface area contributed by atoms with E-state index in [0.29, 0.717) is 24.5 Å². The molecule has 5 rings (SSSR count). The first-order valence-electron chi connectivity index (χ1n) is 11.3. The van der Waals surface area contributed by atoms with Gasteiger partial charge in [-0.2, -0.15) is 0 Å². The Morgan fingerprint density at radius 1 is 1.09 bits per heavy atom. The molecule has 6 nitrogen and oxygen atoms in total. The number of halogens is 1. The van der Waals surface area contributed by atoms with Crippen LogP contribution in [0.15, 0.2) is 60.8 Å². The first-order chi connectivity index (χ1) is 16.0. The molecule has 2 atom stereocenters. The summed E-state index contributed by atoms with van der Waals surface area (Å²) in [4.78, 5) is 22.4. The molecular formula is C26H27FN4O2. The number of fused-ring (bicyclic) bond motifs is 1. The summed E-state index contributed by atoms with van der Waals surface area (Å²) in [6.45, 7) is 6.63. The number of nitrogens with zero attached hydrogens (tertiary/aromatic N) is 3. The molecule has 1 fully saturated rings. The van der Waals surface area contributed by atoms with Crippen LogP contribution >= 0.6 is 0 Å². The molecule has 3 aromatic rings. The van der Waals surface area contributed by atoms with Gasteiger partial charge < -0.3 is 19.9 Å². The third kappa shape index (κ3) is 4.04. The van der Waals surface area contributed by atoms with Crippen LogP contribution in [0.5, 0.6) is 5.75 Å². The standard InChI is InChI=1S/C26H27FN4O2/c1-17-14-21-24(29-16-17)23(25(32)30-12-10-28-11-13-30)26(31(21)20-6-4-3-5-7-20)33-22-15-19(27)9-8-18(22)2/h3-9,14-16,23,26,28H,10-13H2,1-2H3. The lowest BCUT2D eigenvalue weighted by Crippen LogP contribution is -2.51. The lowest BCUT2D eigenvalue weighted by Gasteiger charge is -2.34. The van der Waals surface area contributed by atoms with E-state index < -0.39 is 12.1 Å². The number of carbonyl (C=O) groups is 1. The summed E-state index contributed by atoms with van der Waals surface area (Å²) in [5, 5.41) is 3.29. The number of pyridine rings is 1. The summed E-state index contributed by atoms with van der Waals surface area (Å²) in [5.74, 6) is -0.618. The number of rotatable bonds is 4. The van der Waals surface area contributed by atoms with Crippen molar-refractivity contribution in [2.75, 3.05) is 31.1 Å². The number of piperazine rings is 1. The van der Waals surface area contributed by atoms with Gasteiger partial charge in [0.2, 0.25) is 5.91 Å². The van der Waals surface area contributed by atoms with E-state index in [9.17, 15) is 9.18 Å². The van der Waals surface area contributed by atoms with Crippen LogP contribution in [0.3, 0.4) is 0 Å². The van der Waals surface area contributed by atoms with Gasteiger partial charge in [0.15, 0.2) is 6.23 Å². The van der Waals surface area contributed by atoms with Gasteiger partial charge in [-0.25, -0.2) is 4.39 Å². The molecule has 0 radical (unpaired) electrons. The molecule has 2 aliphatic heterocycles. The highest BCUT2D eigenvalue weighted by atomic mass is 19.1. The number of benzene rings is 2. The number of carbonyl (C=O) groups excluding carboxylic acids is 1. The van der Waals surface area contributed by atoms with E-state index in [1.165, 1.54) is 12.1 Å². The maximum absolute atomic E-state index is 14.1. The summed E-state index contributed by atoms with van der Waals surface area (Å²) >= 11 is 0. The fourth-order valence-electron chi connectivity index (χ4n) is 4.57. The number of aryl methyl sites for hydroxylation is 2. The average molecular weight is 447 g/mol. The Bertz CT molecular complexity index is 1160. The van der Waals surface area contributed by atoms with Crippen molar-refractivity contribution in [3.8, 4) is 5.75 Å². The lowest BCUT2D eigenvalue weighted by atomic mass is 10.0. The van der Waals surface area contributed by atoms with Crippen LogP contribution in [0.2, 0.25) is 0 Å². The maximum atomic E-state index is 14.1. The molecule has 1 N–H and O–H groups in total. The number of hydrogen-bond donors (Lipinski definition) is 1. The minimum atomic E-state index is -0.695. The summed E-state index contributed by atoms with van der Waals surface area (Å²) < 4.78 is 20.6. The number of aromatic nitrogens is 1. The molecule has 0 aliphatic carbocycles. The molecule has 0 spiro atoms. The first kappa shape index (κ1) is 21.4. The molecule has 1 amide bonds. The van der Waals surface area contributed by atoms with Crippen molar-refractivity contribution < 1.29 is 13.9 Å². The van der Waals surface area contributed by atoms with Crippen LogP contribution in [-0.2, 0) is 4.79 Å². The highest BCUT2D eigenvalue weighted by Crippen LogP contribution is 2.46. The largest absolute Gasteiger partial charge is 0.468 e. The molecule has 170 valence electrons. The van der Waals surface area contributed by atoms with Crippen molar-refractivity contribution in [1.82, 2.24) is 15.2 Å². The van der Waals surface area contributed by atoms with Crippen LogP contribution in [0.4, 0.5) is 15.8 Å². The Hall–Kier alpha value is -3.45. The molecule has 2 unspecified atom stereocenters. The molecular weight excluding hydrogens is 419 g/mol. The van der Waals surface area contributed by atoms with Crippen molar-refractivity contribution >= 4 is 17.3 Å². The number of amides is 1. The summed E-state index contributed by atoms with van der Waals surface area (Å²) in [6, 6.07) is 16.3. The fraction of sp³-hybridized carbons (Fsp3) is 0.308. The van der Waals surface area contributed by atoms with E-state index in [1.54, 1.807) is 12.3 Å². The van der Waals surface area contributed by atoms with Gasteiger partial charge in [0.25, 0.3) is 0 Å². The van der Waals surface area contributed by atoms with E-state index in [0.717, 1.165) is 35.6 Å². The molecule has 2 aromatic carbocycles. The van der Waals surface area contributed by atoms with Gasteiger partial charge in [-0.3, -0.25) is 9.78 Å². The Kier molecular flexibility index (Phi) is 5.72. The SMILES string of the molecule is Cc1cnc2c(c1)N(c1ccccc1)C(Oc1cc(F)ccc1C)C2C(=O)N1CCNCC1. The third-order valence-electron chi connectivity index (χ3n) is 6.25. The summed E-state index contributed by atoms with van der Waals surface area (Å²) in [5.41, 5.74) is 4.21. The monoisotopic (exact) mass is 446 g/mol. The summed E-state index contributed by atoms with van der Waals surface area (Å²) in [6.07, 6.45) is 1.09. The molecule has 1 aromatic heterocycles. The summed E-state index contributed by atoms with van der Waals surface area (Å²) in [7, 11) is 0. The van der Waals surface area contributed by atoms with Crippen molar-refractivity contribution in [3.63, 3.8) is 0 Å². The van der Waals surface area contributed by atoms with Gasteiger partial charge >= 0.3 is 0 Å². The lowest BCUT2D eigenvalue weighted by molar-refractivity contribution is -0.135. The zero-order valence-electron chi connectivity index (χ0n) is 18.8. The number of ether oxygens (including phenoxy) is 1. The van der Waals surface area contributed by atoms with Crippen LogP contribution in [0, 0.1) is 19.7 Å². The van der Waals surface area contributed by atoms with Gasteiger partial charge in [-0.15, -0.1) is 0 Å². The van der Waals surface area contributed by atoms with Crippen LogP contribution in [0.1, 0.15) is 22.7 Å². The van der Waals surface area contributed by atoms with Crippen molar-refractivity contribution in [2.24, 2.45) is 0 Å². The Morgan fingerprint density at radius 3 is 2.61 bits per heavy atom. The predicted octanol–water partition coefficient (Wildman–Crippen LogP) is 3.91. The normalized spacial score (nSPS) is 20.0. The maximum Gasteiger partial charge on any atom is 0.237 e. The Labute approximate surface area is 193 Å². The van der Waals surface area contributed by atoms with Crippen molar-refractivity contribution in [1.29, 1.82) is 0 Å². The smallest absolute Gasteiger partial charge is 0.237 e. The Balaban J connectivity index is 1.64. The highest BCUT2D eigenvalue weighted by Gasteiger charge is 2.48. The van der Waals surface area contributed by atoms with Gasteiger partial charge in [-0.05, 0) is 49.2 Å². The second kappa shape index (κ2) is 8.83. The first-order valence-corrected chi connectivity index (χ1v) is 11.3. The number of para-hydroxylation sites is 1. The minimum Gasteiger partial charge on any atom is -0.468 e. The van der Waals surface area contributed by atoms with E-state index in [4.69, 9.17) is 9.72 Å². The van der Waals surface area contributed by atoms with E-state index in [-0.39, 0.29) is 11.7 Å². The molecule has 7 heteroatoms. The van der Waals surface area contributed by atoms with E-state index in [1.807, 2.05) is 60.0 Å². The molecule has 3 heterocycles. The average Bonchev–Trinajstić information content (AvgIpc) is 3.14. The van der Waals surface area contributed by atoms with Gasteiger partial charge in [0.05, 0.1) is 11.4 Å². The van der Waals surface area contributed by atoms with Gasteiger partial charge in [0, 0.05) is 44.1 Å². The fourth-order valence-corrected chi connectivity index (χ4v) is 4.57. The quantitative estimate of drug-likeness (QED) is 0.659. The molecule has 0 saturated carbocycles. The van der Waals surface area contributed by atoms with Gasteiger partial charge in [-0.1, -0.05) is 24.3 Å². The number of anilines is 2. The van der Waals surface area contributed by atoms with Crippen LogP contribution in [-0.4, -0.2) is 48.2 Å². The number of nitrogens with one attached hydrogen (secondary N) is 1. The van der Waals surface area contributed by atoms with Crippen molar-refractivity contribution in [3.05, 3.63) is 83.4 Å². The zero-order valence-corrected chi connectivity index (χ0v) is 18.8. The molecule has 2 aliphatic rings. The second-order valence-corrected chi connectivity index (χ2v) is 8.59. The predicted molar refractivity (Wildman–Crippen MR) is 125 cm³/mol. The van der Waals surface area contributed by atoms with Crippen molar-refractivity contribution in [2.45, 2.75) is 26.0 Å². The van der Waals surface area contributed by atoms with Crippen LogP contribution < -0.4 is 15.0 Å². The van der Waals surface area contributed by atoms with E-state index in [2.05, 4.69) is 5.32 Å². The van der Waals surface area contributed by atoms with Gasteiger partial charge in [0.1, 0.15) is 17.5 Å². The zero-order chi connectivity index (χ0) is 22.9. The third-order valence-corrected chi connectivity index (χ3v) is 6.25. The molecule has 0 bridgehead atoms. The molecule has 33 heavy (non-hydrogen) atoms. The number of hydrogen-bond acceptors (Lipinski definition) is 5. The highest BCUT2D eigenvalue weighted by molar-refractivity contribution is 5.90.